The standard InChI is InChI=1S/C15H22N2O4/c1-11(14(19)16-10-12-5-4-8-21-12)17-13(18)9-15(20)6-2-3-7-15/h4-5,8,11,20H,2-3,6-7,9-10H2,1H3,(H,16,19)(H,17,18). The zero-order chi connectivity index (χ0) is 15.3. The molecule has 1 aromatic heterocycles. The molecule has 1 fully saturated rings. The third-order valence-corrected chi connectivity index (χ3v) is 3.81. The van der Waals surface area contributed by atoms with Gasteiger partial charge in [-0.3, -0.25) is 9.59 Å². The van der Waals surface area contributed by atoms with E-state index in [0.717, 1.165) is 12.8 Å². The second-order valence-electron chi connectivity index (χ2n) is 5.69. The van der Waals surface area contributed by atoms with Crippen molar-refractivity contribution in [2.75, 3.05) is 0 Å². The summed E-state index contributed by atoms with van der Waals surface area (Å²) in [7, 11) is 0. The van der Waals surface area contributed by atoms with Crippen LogP contribution in [0.2, 0.25) is 0 Å². The molecule has 0 aromatic carbocycles. The van der Waals surface area contributed by atoms with Crippen molar-refractivity contribution in [3.63, 3.8) is 0 Å². The number of furan rings is 1. The first-order valence-electron chi connectivity index (χ1n) is 7.30. The number of carbonyl (C=O) groups is 2. The number of hydrogen-bond donors (Lipinski definition) is 3. The molecule has 3 N–H and O–H groups in total. The van der Waals surface area contributed by atoms with E-state index in [2.05, 4.69) is 10.6 Å². The first-order valence-corrected chi connectivity index (χ1v) is 7.30. The molecule has 6 nitrogen and oxygen atoms in total. The van der Waals surface area contributed by atoms with E-state index in [1.807, 2.05) is 0 Å². The van der Waals surface area contributed by atoms with Crippen LogP contribution in [-0.2, 0) is 16.1 Å². The van der Waals surface area contributed by atoms with Crippen LogP contribution in [-0.4, -0.2) is 28.6 Å². The second kappa shape index (κ2) is 6.76. The lowest BCUT2D eigenvalue weighted by molar-refractivity contribution is -0.131. The van der Waals surface area contributed by atoms with Gasteiger partial charge in [0, 0.05) is 0 Å². The van der Waals surface area contributed by atoms with Gasteiger partial charge < -0.3 is 20.2 Å². The van der Waals surface area contributed by atoms with Crippen LogP contribution in [0.15, 0.2) is 22.8 Å². The zero-order valence-electron chi connectivity index (χ0n) is 12.2. The van der Waals surface area contributed by atoms with E-state index in [-0.39, 0.29) is 24.8 Å². The predicted octanol–water partition coefficient (Wildman–Crippen LogP) is 1.10. The fraction of sp³-hybridized carbons (Fsp3) is 0.600. The zero-order valence-corrected chi connectivity index (χ0v) is 12.2. The van der Waals surface area contributed by atoms with Crippen LogP contribution < -0.4 is 10.6 Å². The molecule has 1 aliphatic carbocycles. The van der Waals surface area contributed by atoms with E-state index in [1.54, 1.807) is 19.1 Å². The van der Waals surface area contributed by atoms with Crippen molar-refractivity contribution in [1.82, 2.24) is 10.6 Å². The molecule has 2 amide bonds. The summed E-state index contributed by atoms with van der Waals surface area (Å²) in [4.78, 5) is 23.7. The summed E-state index contributed by atoms with van der Waals surface area (Å²) in [6, 6.07) is 2.87. The average molecular weight is 294 g/mol. The molecule has 21 heavy (non-hydrogen) atoms. The maximum atomic E-state index is 11.9. The quantitative estimate of drug-likeness (QED) is 0.732. The highest BCUT2D eigenvalue weighted by Crippen LogP contribution is 2.32. The fourth-order valence-corrected chi connectivity index (χ4v) is 2.61. The number of nitrogens with one attached hydrogen (secondary N) is 2. The van der Waals surface area contributed by atoms with Crippen molar-refractivity contribution in [2.45, 2.75) is 57.2 Å². The first-order chi connectivity index (χ1) is 9.98. The van der Waals surface area contributed by atoms with Gasteiger partial charge in [0.25, 0.3) is 0 Å². The summed E-state index contributed by atoms with van der Waals surface area (Å²) in [6.45, 7) is 1.91. The summed E-state index contributed by atoms with van der Waals surface area (Å²) in [6.07, 6.45) is 4.79. The Hall–Kier alpha value is -1.82. The van der Waals surface area contributed by atoms with Gasteiger partial charge in [-0.05, 0) is 31.9 Å². The topological polar surface area (TPSA) is 91.6 Å². The molecule has 116 valence electrons. The first kappa shape index (κ1) is 15.6. The van der Waals surface area contributed by atoms with Crippen molar-refractivity contribution in [3.05, 3.63) is 24.2 Å². The summed E-state index contributed by atoms with van der Waals surface area (Å²) in [5, 5.41) is 15.5. The number of hydrogen-bond acceptors (Lipinski definition) is 4. The molecule has 1 aromatic rings. The highest BCUT2D eigenvalue weighted by Gasteiger charge is 2.34. The Morgan fingerprint density at radius 2 is 2.14 bits per heavy atom. The maximum absolute atomic E-state index is 11.9. The summed E-state index contributed by atoms with van der Waals surface area (Å²) < 4.78 is 5.11. The Kier molecular flexibility index (Phi) is 5.01. The third kappa shape index (κ3) is 4.60. The largest absolute Gasteiger partial charge is 0.467 e. The Labute approximate surface area is 123 Å². The number of amides is 2. The molecule has 0 radical (unpaired) electrons. The minimum Gasteiger partial charge on any atom is -0.467 e. The molecule has 1 atom stereocenters. The molecule has 1 unspecified atom stereocenters. The van der Waals surface area contributed by atoms with Crippen LogP contribution in [0.1, 0.15) is 44.8 Å². The van der Waals surface area contributed by atoms with Crippen LogP contribution in [0.25, 0.3) is 0 Å². The Balaban J connectivity index is 1.73. The molecule has 0 aliphatic heterocycles. The predicted molar refractivity (Wildman–Crippen MR) is 76.2 cm³/mol. The number of carbonyl (C=O) groups excluding carboxylic acids is 2. The normalized spacial score (nSPS) is 18.2. The van der Waals surface area contributed by atoms with E-state index < -0.39 is 11.6 Å². The maximum Gasteiger partial charge on any atom is 0.242 e. The number of rotatable bonds is 6. The molecule has 6 heteroatoms. The van der Waals surface area contributed by atoms with E-state index >= 15 is 0 Å². The summed E-state index contributed by atoms with van der Waals surface area (Å²) in [5.74, 6) is 0.0837. The third-order valence-electron chi connectivity index (χ3n) is 3.81. The van der Waals surface area contributed by atoms with Crippen LogP contribution in [0, 0.1) is 0 Å². The van der Waals surface area contributed by atoms with Gasteiger partial charge >= 0.3 is 0 Å². The van der Waals surface area contributed by atoms with Gasteiger partial charge in [0.1, 0.15) is 11.8 Å². The van der Waals surface area contributed by atoms with Gasteiger partial charge in [-0.25, -0.2) is 0 Å². The Bertz CT molecular complexity index is 478. The monoisotopic (exact) mass is 294 g/mol. The second-order valence-corrected chi connectivity index (χ2v) is 5.69. The minimum absolute atomic E-state index is 0.0583. The highest BCUT2D eigenvalue weighted by molar-refractivity contribution is 5.87. The molecule has 1 saturated carbocycles. The van der Waals surface area contributed by atoms with E-state index in [0.29, 0.717) is 18.6 Å². The Morgan fingerprint density at radius 1 is 1.43 bits per heavy atom. The van der Waals surface area contributed by atoms with Crippen molar-refractivity contribution in [3.8, 4) is 0 Å². The lowest BCUT2D eigenvalue weighted by atomic mass is 9.97. The number of aliphatic hydroxyl groups is 1. The van der Waals surface area contributed by atoms with Crippen molar-refractivity contribution in [2.24, 2.45) is 0 Å². The molecule has 0 bridgehead atoms. The van der Waals surface area contributed by atoms with Crippen LogP contribution >= 0.6 is 0 Å². The SMILES string of the molecule is CC(NC(=O)CC1(O)CCCC1)C(=O)NCc1ccco1. The van der Waals surface area contributed by atoms with Crippen LogP contribution in [0.5, 0.6) is 0 Å². The molecule has 2 rings (SSSR count). The smallest absolute Gasteiger partial charge is 0.242 e. The highest BCUT2D eigenvalue weighted by atomic mass is 16.3. The summed E-state index contributed by atoms with van der Waals surface area (Å²) >= 11 is 0. The van der Waals surface area contributed by atoms with Crippen molar-refractivity contribution < 1.29 is 19.1 Å². The van der Waals surface area contributed by atoms with Crippen molar-refractivity contribution in [1.29, 1.82) is 0 Å². The van der Waals surface area contributed by atoms with Crippen molar-refractivity contribution >= 4 is 11.8 Å². The van der Waals surface area contributed by atoms with E-state index in [4.69, 9.17) is 4.42 Å². The summed E-state index contributed by atoms with van der Waals surface area (Å²) in [5.41, 5.74) is -0.894. The van der Waals surface area contributed by atoms with Crippen LogP contribution in [0.3, 0.4) is 0 Å². The molecular weight excluding hydrogens is 272 g/mol. The lowest BCUT2D eigenvalue weighted by Gasteiger charge is -2.22. The van der Waals surface area contributed by atoms with Gasteiger partial charge in [-0.2, -0.15) is 0 Å². The Morgan fingerprint density at radius 3 is 2.76 bits per heavy atom. The van der Waals surface area contributed by atoms with Crippen LogP contribution in [0.4, 0.5) is 0 Å². The van der Waals surface area contributed by atoms with Gasteiger partial charge in [-0.15, -0.1) is 0 Å². The lowest BCUT2D eigenvalue weighted by Crippen LogP contribution is -2.46. The molecule has 1 aliphatic rings. The van der Waals surface area contributed by atoms with Gasteiger partial charge in [0.2, 0.25) is 11.8 Å². The van der Waals surface area contributed by atoms with Gasteiger partial charge in [0.15, 0.2) is 0 Å². The molecule has 0 saturated heterocycles. The molecular formula is C15H22N2O4. The van der Waals surface area contributed by atoms with E-state index in [1.165, 1.54) is 6.26 Å². The fourth-order valence-electron chi connectivity index (χ4n) is 2.61. The molecule has 1 heterocycles. The van der Waals surface area contributed by atoms with Gasteiger partial charge in [0.05, 0.1) is 24.8 Å². The van der Waals surface area contributed by atoms with Gasteiger partial charge in [-0.1, -0.05) is 12.8 Å². The average Bonchev–Trinajstić information content (AvgIpc) is 3.07. The molecule has 0 spiro atoms. The minimum atomic E-state index is -0.894. The van der Waals surface area contributed by atoms with E-state index in [9.17, 15) is 14.7 Å².